The lowest BCUT2D eigenvalue weighted by Gasteiger charge is -1.91. The molecule has 1 rings (SSSR count). The molecule has 0 saturated heterocycles. The Bertz CT molecular complexity index is 222. The van der Waals surface area contributed by atoms with Crippen LogP contribution in [0.3, 0.4) is 0 Å². The molecular weight excluding hydrogens is 138 g/mol. The summed E-state index contributed by atoms with van der Waals surface area (Å²) >= 11 is 0. The standard InChI is InChI=1S/C6H3F2Si/c7-5-2-1-4(9)3-6(5)8/h1-3H. The number of halogens is 2. The van der Waals surface area contributed by atoms with Crippen LogP contribution < -0.4 is 5.19 Å². The zero-order valence-electron chi connectivity index (χ0n) is 4.49. The molecule has 0 amide bonds. The first-order chi connectivity index (χ1) is 4.20. The van der Waals surface area contributed by atoms with E-state index in [1.54, 1.807) is 0 Å². The monoisotopic (exact) mass is 141 g/mol. The summed E-state index contributed by atoms with van der Waals surface area (Å²) in [6, 6.07) is 3.58. The molecule has 1 aromatic carbocycles. The van der Waals surface area contributed by atoms with Crippen molar-refractivity contribution in [3.63, 3.8) is 0 Å². The van der Waals surface area contributed by atoms with Gasteiger partial charge >= 0.3 is 0 Å². The first-order valence-corrected chi connectivity index (χ1v) is 2.87. The molecule has 0 aliphatic carbocycles. The second-order valence-corrected chi connectivity index (χ2v) is 2.21. The average Bonchev–Trinajstić information content (AvgIpc) is 1.80. The Balaban J connectivity index is 3.17. The Morgan fingerprint density at radius 3 is 2.22 bits per heavy atom. The maximum Gasteiger partial charge on any atom is 0.158 e. The van der Waals surface area contributed by atoms with Gasteiger partial charge in [-0.3, -0.25) is 0 Å². The Morgan fingerprint density at radius 1 is 1.11 bits per heavy atom. The van der Waals surface area contributed by atoms with Crippen molar-refractivity contribution in [2.45, 2.75) is 0 Å². The summed E-state index contributed by atoms with van der Waals surface area (Å²) in [6.45, 7) is 0. The van der Waals surface area contributed by atoms with Gasteiger partial charge in [-0.15, -0.1) is 0 Å². The summed E-state index contributed by atoms with van der Waals surface area (Å²) in [5.41, 5.74) is 0. The summed E-state index contributed by atoms with van der Waals surface area (Å²) in [4.78, 5) is 0. The molecule has 1 aromatic rings. The molecule has 3 radical (unpaired) electrons. The minimum Gasteiger partial charge on any atom is -0.204 e. The van der Waals surface area contributed by atoms with E-state index in [0.717, 1.165) is 12.1 Å². The Morgan fingerprint density at radius 2 is 1.78 bits per heavy atom. The molecule has 0 heterocycles. The SMILES string of the molecule is Fc1ccc([Si])cc1F. The van der Waals surface area contributed by atoms with Crippen molar-refractivity contribution >= 4 is 15.4 Å². The highest BCUT2D eigenvalue weighted by molar-refractivity contribution is 6.32. The second kappa shape index (κ2) is 2.27. The van der Waals surface area contributed by atoms with Gasteiger partial charge in [0.2, 0.25) is 0 Å². The van der Waals surface area contributed by atoms with Crippen molar-refractivity contribution in [1.82, 2.24) is 0 Å². The van der Waals surface area contributed by atoms with Gasteiger partial charge in [0.1, 0.15) is 0 Å². The third-order valence-corrected chi connectivity index (χ3v) is 1.23. The molecule has 3 heteroatoms. The van der Waals surface area contributed by atoms with Crippen LogP contribution in [0.4, 0.5) is 8.78 Å². The predicted molar refractivity (Wildman–Crippen MR) is 31.7 cm³/mol. The van der Waals surface area contributed by atoms with Crippen LogP contribution in [0.15, 0.2) is 18.2 Å². The number of benzene rings is 1. The summed E-state index contributed by atoms with van der Waals surface area (Å²) in [5.74, 6) is -1.65. The highest BCUT2D eigenvalue weighted by atomic mass is 28.1. The molecule has 9 heavy (non-hydrogen) atoms. The highest BCUT2D eigenvalue weighted by Crippen LogP contribution is 1.99. The van der Waals surface area contributed by atoms with Gasteiger partial charge in [-0.05, 0) is 12.1 Å². The molecule has 0 nitrogen and oxygen atoms in total. The minimum atomic E-state index is -0.831. The van der Waals surface area contributed by atoms with Gasteiger partial charge in [0.05, 0.1) is 10.2 Å². The lowest BCUT2D eigenvalue weighted by Crippen LogP contribution is -2.02. The zero-order chi connectivity index (χ0) is 6.85. The summed E-state index contributed by atoms with van der Waals surface area (Å²) in [5, 5.41) is 0.536. The van der Waals surface area contributed by atoms with E-state index in [0.29, 0.717) is 5.19 Å². The quantitative estimate of drug-likeness (QED) is 0.468. The normalized spacial score (nSPS) is 9.67. The van der Waals surface area contributed by atoms with Crippen LogP contribution >= 0.6 is 0 Å². The topological polar surface area (TPSA) is 0 Å². The van der Waals surface area contributed by atoms with E-state index < -0.39 is 11.6 Å². The van der Waals surface area contributed by atoms with Crippen molar-refractivity contribution in [2.75, 3.05) is 0 Å². The van der Waals surface area contributed by atoms with Crippen LogP contribution in [0.25, 0.3) is 0 Å². The van der Waals surface area contributed by atoms with Gasteiger partial charge in [0, 0.05) is 0 Å². The smallest absolute Gasteiger partial charge is 0.158 e. The highest BCUT2D eigenvalue weighted by Gasteiger charge is 1.97. The lowest BCUT2D eigenvalue weighted by molar-refractivity contribution is 0.509. The van der Waals surface area contributed by atoms with Crippen molar-refractivity contribution in [2.24, 2.45) is 0 Å². The van der Waals surface area contributed by atoms with Crippen molar-refractivity contribution in [3.8, 4) is 0 Å². The first kappa shape index (κ1) is 6.42. The molecule has 0 unspecified atom stereocenters. The number of rotatable bonds is 0. The van der Waals surface area contributed by atoms with Crippen LogP contribution in [0.5, 0.6) is 0 Å². The van der Waals surface area contributed by atoms with Crippen LogP contribution in [0.2, 0.25) is 0 Å². The Hall–Kier alpha value is -0.703. The Labute approximate surface area is 54.9 Å². The molecule has 0 aromatic heterocycles. The van der Waals surface area contributed by atoms with Crippen molar-refractivity contribution in [1.29, 1.82) is 0 Å². The third-order valence-electron chi connectivity index (χ3n) is 0.920. The van der Waals surface area contributed by atoms with Crippen molar-refractivity contribution < 1.29 is 8.78 Å². The molecule has 0 spiro atoms. The fourth-order valence-electron chi connectivity index (χ4n) is 0.496. The van der Waals surface area contributed by atoms with Gasteiger partial charge in [0.25, 0.3) is 0 Å². The van der Waals surface area contributed by atoms with Crippen LogP contribution in [0, 0.1) is 11.6 Å². The minimum absolute atomic E-state index is 0.536. The van der Waals surface area contributed by atoms with E-state index in [1.165, 1.54) is 6.07 Å². The number of hydrogen-bond donors (Lipinski definition) is 0. The van der Waals surface area contributed by atoms with Crippen LogP contribution in [-0.2, 0) is 0 Å². The van der Waals surface area contributed by atoms with Gasteiger partial charge in [-0.25, -0.2) is 8.78 Å². The van der Waals surface area contributed by atoms with Gasteiger partial charge in [-0.2, -0.15) is 0 Å². The fraction of sp³-hybridized carbons (Fsp3) is 0. The molecular formula is C6H3F2Si. The van der Waals surface area contributed by atoms with E-state index in [4.69, 9.17) is 0 Å². The Kier molecular flexibility index (Phi) is 1.62. The molecule has 0 fully saturated rings. The lowest BCUT2D eigenvalue weighted by atomic mass is 10.3. The average molecular weight is 141 g/mol. The maximum absolute atomic E-state index is 12.2. The predicted octanol–water partition coefficient (Wildman–Crippen LogP) is 0.759. The molecule has 0 saturated carbocycles. The van der Waals surface area contributed by atoms with Gasteiger partial charge in [-0.1, -0.05) is 11.3 Å². The molecule has 0 N–H and O–H groups in total. The molecule has 0 bridgehead atoms. The van der Waals surface area contributed by atoms with E-state index in [2.05, 4.69) is 10.2 Å². The second-order valence-electron chi connectivity index (χ2n) is 1.63. The summed E-state index contributed by atoms with van der Waals surface area (Å²) in [7, 11) is 3.04. The van der Waals surface area contributed by atoms with E-state index in [-0.39, 0.29) is 0 Å². The third kappa shape index (κ3) is 1.35. The van der Waals surface area contributed by atoms with E-state index in [9.17, 15) is 8.78 Å². The molecule has 0 aliphatic heterocycles. The fourth-order valence-corrected chi connectivity index (χ4v) is 0.706. The summed E-state index contributed by atoms with van der Waals surface area (Å²) < 4.78 is 24.3. The van der Waals surface area contributed by atoms with Gasteiger partial charge < -0.3 is 0 Å². The largest absolute Gasteiger partial charge is 0.204 e. The molecule has 0 aliphatic rings. The molecule has 45 valence electrons. The molecule has 0 atom stereocenters. The van der Waals surface area contributed by atoms with Crippen LogP contribution in [0.1, 0.15) is 0 Å². The van der Waals surface area contributed by atoms with Crippen molar-refractivity contribution in [3.05, 3.63) is 29.8 Å². The zero-order valence-corrected chi connectivity index (χ0v) is 5.49. The maximum atomic E-state index is 12.2. The summed E-state index contributed by atoms with van der Waals surface area (Å²) in [6.07, 6.45) is 0. The van der Waals surface area contributed by atoms with Gasteiger partial charge in [0.15, 0.2) is 11.6 Å². The first-order valence-electron chi connectivity index (χ1n) is 2.37. The van der Waals surface area contributed by atoms with E-state index in [1.807, 2.05) is 0 Å². The van der Waals surface area contributed by atoms with Crippen LogP contribution in [-0.4, -0.2) is 10.2 Å². The number of hydrogen-bond acceptors (Lipinski definition) is 0. The van der Waals surface area contributed by atoms with E-state index >= 15 is 0 Å².